The summed E-state index contributed by atoms with van der Waals surface area (Å²) in [5.74, 6) is 1.55. The van der Waals surface area contributed by atoms with Crippen LogP contribution in [0, 0.1) is 0 Å². The maximum Gasteiger partial charge on any atom is 0.343 e. The van der Waals surface area contributed by atoms with Crippen molar-refractivity contribution < 1.29 is 0 Å². The number of aromatic nitrogens is 5. The fourth-order valence-corrected chi connectivity index (χ4v) is 2.29. The second kappa shape index (κ2) is 5.87. The maximum atomic E-state index is 11.3. The Labute approximate surface area is 114 Å². The number of aromatic amines is 1. The zero-order chi connectivity index (χ0) is 13.8. The van der Waals surface area contributed by atoms with Gasteiger partial charge in [0, 0.05) is 26.1 Å². The number of H-pyrrole nitrogens is 1. The minimum atomic E-state index is -0.237. The third-order valence-electron chi connectivity index (χ3n) is 2.46. The van der Waals surface area contributed by atoms with Crippen molar-refractivity contribution >= 4 is 17.6 Å². The Hall–Kier alpha value is -1.83. The van der Waals surface area contributed by atoms with Crippen LogP contribution in [0.5, 0.6) is 0 Å². The molecule has 0 saturated heterocycles. The van der Waals surface area contributed by atoms with Crippen LogP contribution in [0.3, 0.4) is 0 Å². The third-order valence-corrected chi connectivity index (χ3v) is 3.42. The van der Waals surface area contributed by atoms with Gasteiger partial charge in [-0.05, 0) is 18.7 Å². The average Bonchev–Trinajstić information content (AvgIpc) is 2.71. The lowest BCUT2D eigenvalue weighted by Crippen LogP contribution is -2.13. The van der Waals surface area contributed by atoms with E-state index in [1.807, 2.05) is 19.9 Å². The van der Waals surface area contributed by atoms with Gasteiger partial charge in [-0.15, -0.1) is 5.10 Å². The van der Waals surface area contributed by atoms with Crippen LogP contribution >= 0.6 is 11.8 Å². The van der Waals surface area contributed by atoms with E-state index in [1.54, 1.807) is 7.05 Å². The minimum Gasteiger partial charge on any atom is -0.370 e. The standard InChI is InChI=1S/C11H16N6OS/c1-4-7-13-8(12-5-2)6-9(14-7)19-11-16-15-10(18)17(11)3/h6H,4-5H2,1-3H3,(H,15,18)(H,12,13,14). The van der Waals surface area contributed by atoms with Gasteiger partial charge in [0.25, 0.3) is 0 Å². The van der Waals surface area contributed by atoms with Crippen LogP contribution in [0.4, 0.5) is 5.82 Å². The molecule has 0 amide bonds. The second-order valence-electron chi connectivity index (χ2n) is 3.86. The molecule has 0 aliphatic heterocycles. The number of nitrogens with one attached hydrogen (secondary N) is 2. The Balaban J connectivity index is 2.31. The molecule has 2 rings (SSSR count). The second-order valence-corrected chi connectivity index (χ2v) is 4.85. The first-order valence-electron chi connectivity index (χ1n) is 6.05. The van der Waals surface area contributed by atoms with E-state index in [9.17, 15) is 4.79 Å². The Morgan fingerprint density at radius 1 is 1.42 bits per heavy atom. The summed E-state index contributed by atoms with van der Waals surface area (Å²) in [6.45, 7) is 4.81. The van der Waals surface area contributed by atoms with Gasteiger partial charge in [0.15, 0.2) is 5.16 Å². The molecule has 0 bridgehead atoms. The van der Waals surface area contributed by atoms with Crippen LogP contribution in [-0.2, 0) is 13.5 Å². The first-order valence-corrected chi connectivity index (χ1v) is 6.86. The molecule has 0 saturated carbocycles. The zero-order valence-electron chi connectivity index (χ0n) is 11.1. The van der Waals surface area contributed by atoms with Crippen molar-refractivity contribution in [1.29, 1.82) is 0 Å². The van der Waals surface area contributed by atoms with Crippen LogP contribution in [0.2, 0.25) is 0 Å². The topological polar surface area (TPSA) is 88.5 Å². The summed E-state index contributed by atoms with van der Waals surface area (Å²) in [6, 6.07) is 1.85. The number of anilines is 1. The molecule has 2 aromatic heterocycles. The molecule has 0 unspecified atom stereocenters. The smallest absolute Gasteiger partial charge is 0.343 e. The van der Waals surface area contributed by atoms with Crippen molar-refractivity contribution in [2.45, 2.75) is 30.5 Å². The number of hydrogen-bond donors (Lipinski definition) is 2. The number of rotatable bonds is 5. The highest BCUT2D eigenvalue weighted by Crippen LogP contribution is 2.24. The zero-order valence-corrected chi connectivity index (χ0v) is 11.9. The van der Waals surface area contributed by atoms with E-state index in [1.165, 1.54) is 16.3 Å². The Bertz CT molecular complexity index is 620. The van der Waals surface area contributed by atoms with E-state index < -0.39 is 0 Å². The fraction of sp³-hybridized carbons (Fsp3) is 0.455. The summed E-state index contributed by atoms with van der Waals surface area (Å²) in [5, 5.41) is 10.9. The van der Waals surface area contributed by atoms with Crippen molar-refractivity contribution in [1.82, 2.24) is 24.7 Å². The third kappa shape index (κ3) is 3.14. The van der Waals surface area contributed by atoms with Gasteiger partial charge >= 0.3 is 5.69 Å². The van der Waals surface area contributed by atoms with Gasteiger partial charge in [0.05, 0.1) is 0 Å². The summed E-state index contributed by atoms with van der Waals surface area (Å²) in [4.78, 5) is 20.1. The van der Waals surface area contributed by atoms with E-state index in [4.69, 9.17) is 0 Å². The summed E-state index contributed by atoms with van der Waals surface area (Å²) in [5.41, 5.74) is -0.237. The highest BCUT2D eigenvalue weighted by Gasteiger charge is 2.10. The molecule has 7 nitrogen and oxygen atoms in total. The lowest BCUT2D eigenvalue weighted by atomic mass is 10.4. The van der Waals surface area contributed by atoms with Crippen molar-refractivity contribution in [3.05, 3.63) is 22.4 Å². The molecule has 102 valence electrons. The highest BCUT2D eigenvalue weighted by molar-refractivity contribution is 7.99. The van der Waals surface area contributed by atoms with Crippen molar-refractivity contribution in [3.8, 4) is 0 Å². The van der Waals surface area contributed by atoms with Gasteiger partial charge in [-0.2, -0.15) is 0 Å². The summed E-state index contributed by atoms with van der Waals surface area (Å²) >= 11 is 1.33. The monoisotopic (exact) mass is 280 g/mol. The van der Waals surface area contributed by atoms with E-state index in [0.717, 1.165) is 29.6 Å². The molecule has 8 heteroatoms. The molecule has 2 aromatic rings. The number of aryl methyl sites for hydroxylation is 1. The molecule has 0 aliphatic carbocycles. The van der Waals surface area contributed by atoms with Crippen LogP contribution in [0.1, 0.15) is 19.7 Å². The van der Waals surface area contributed by atoms with Crippen LogP contribution < -0.4 is 11.0 Å². The Kier molecular flexibility index (Phi) is 4.20. The molecule has 0 aromatic carbocycles. The van der Waals surface area contributed by atoms with E-state index in [-0.39, 0.29) is 5.69 Å². The molecular weight excluding hydrogens is 264 g/mol. The van der Waals surface area contributed by atoms with Crippen LogP contribution in [0.25, 0.3) is 0 Å². The summed E-state index contributed by atoms with van der Waals surface area (Å²) in [6.07, 6.45) is 0.756. The van der Waals surface area contributed by atoms with Crippen LogP contribution in [0.15, 0.2) is 21.0 Å². The molecule has 0 spiro atoms. The molecule has 0 fully saturated rings. The largest absolute Gasteiger partial charge is 0.370 e. The van der Waals surface area contributed by atoms with Crippen molar-refractivity contribution in [3.63, 3.8) is 0 Å². The van der Waals surface area contributed by atoms with Crippen molar-refractivity contribution in [2.75, 3.05) is 11.9 Å². The van der Waals surface area contributed by atoms with Gasteiger partial charge in [-0.3, -0.25) is 4.57 Å². The van der Waals surface area contributed by atoms with E-state index in [2.05, 4.69) is 25.5 Å². The molecule has 19 heavy (non-hydrogen) atoms. The Morgan fingerprint density at radius 3 is 2.79 bits per heavy atom. The first kappa shape index (κ1) is 13.6. The predicted molar refractivity (Wildman–Crippen MR) is 73.5 cm³/mol. The molecule has 0 atom stereocenters. The SMILES string of the molecule is CCNc1cc(Sc2n[nH]c(=O)n2C)nc(CC)n1. The maximum absolute atomic E-state index is 11.3. The lowest BCUT2D eigenvalue weighted by Gasteiger charge is -2.07. The summed E-state index contributed by atoms with van der Waals surface area (Å²) < 4.78 is 1.45. The predicted octanol–water partition coefficient (Wildman–Crippen LogP) is 1.04. The van der Waals surface area contributed by atoms with Crippen LogP contribution in [-0.4, -0.2) is 31.3 Å². The summed E-state index contributed by atoms with van der Waals surface area (Å²) in [7, 11) is 1.67. The lowest BCUT2D eigenvalue weighted by molar-refractivity contribution is 0.763. The molecule has 0 radical (unpaired) electrons. The fourth-order valence-electron chi connectivity index (χ4n) is 1.47. The van der Waals surface area contributed by atoms with Gasteiger partial charge in [0.2, 0.25) is 0 Å². The van der Waals surface area contributed by atoms with Crippen molar-refractivity contribution in [2.24, 2.45) is 7.05 Å². The van der Waals surface area contributed by atoms with Gasteiger partial charge in [0.1, 0.15) is 16.7 Å². The molecule has 2 N–H and O–H groups in total. The molecule has 2 heterocycles. The Morgan fingerprint density at radius 2 is 2.21 bits per heavy atom. The van der Waals surface area contributed by atoms with Gasteiger partial charge in [-0.1, -0.05) is 6.92 Å². The van der Waals surface area contributed by atoms with E-state index >= 15 is 0 Å². The number of hydrogen-bond acceptors (Lipinski definition) is 6. The quantitative estimate of drug-likeness (QED) is 0.796. The number of nitrogens with zero attached hydrogens (tertiary/aromatic N) is 4. The van der Waals surface area contributed by atoms with Gasteiger partial charge < -0.3 is 5.32 Å². The highest BCUT2D eigenvalue weighted by atomic mass is 32.2. The normalized spacial score (nSPS) is 10.7. The molecular formula is C11H16N6OS. The van der Waals surface area contributed by atoms with E-state index in [0.29, 0.717) is 5.16 Å². The van der Waals surface area contributed by atoms with Gasteiger partial charge in [-0.25, -0.2) is 19.9 Å². The average molecular weight is 280 g/mol. The minimum absolute atomic E-state index is 0.237. The molecule has 0 aliphatic rings. The first-order chi connectivity index (χ1) is 9.13.